The molecule has 4 N–H and O–H groups in total. The molecule has 4 aromatic rings. The number of carboxylic acid groups (broad SMARTS) is 1. The number of hydrogen-bond acceptors (Lipinski definition) is 6. The Balaban J connectivity index is 1.20. The van der Waals surface area contributed by atoms with Gasteiger partial charge in [-0.05, 0) is 53.5 Å². The largest absolute Gasteiger partial charge is 0.478 e. The van der Waals surface area contributed by atoms with Crippen LogP contribution < -0.4 is 10.6 Å². The smallest absolute Gasteiger partial charge is 0.335 e. The third-order valence-electron chi connectivity index (χ3n) is 7.70. The van der Waals surface area contributed by atoms with Gasteiger partial charge >= 0.3 is 5.97 Å². The Hall–Kier alpha value is -4.04. The van der Waals surface area contributed by atoms with Crippen LogP contribution in [-0.4, -0.2) is 44.3 Å². The van der Waals surface area contributed by atoms with Crippen molar-refractivity contribution in [1.82, 2.24) is 20.2 Å². The van der Waals surface area contributed by atoms with Gasteiger partial charge in [0.1, 0.15) is 17.0 Å². The summed E-state index contributed by atoms with van der Waals surface area (Å²) in [6.45, 7) is 5.91. The predicted octanol–water partition coefficient (Wildman–Crippen LogP) is 3.96. The van der Waals surface area contributed by atoms with Gasteiger partial charge in [-0.2, -0.15) is 5.10 Å². The van der Waals surface area contributed by atoms with Gasteiger partial charge in [0.15, 0.2) is 5.65 Å². The monoisotopic (exact) mass is 466 g/mol. The van der Waals surface area contributed by atoms with Crippen LogP contribution in [0.5, 0.6) is 0 Å². The van der Waals surface area contributed by atoms with E-state index in [1.54, 1.807) is 30.5 Å². The molecule has 6 rings (SSSR count). The first-order valence-electron chi connectivity index (χ1n) is 11.8. The lowest BCUT2D eigenvalue weighted by molar-refractivity contribution is 0.0697. The number of aromatic amines is 1. The van der Waals surface area contributed by atoms with Crippen LogP contribution in [0.25, 0.3) is 16.7 Å². The number of aromatic nitrogens is 4. The fraction of sp³-hybridized carbons (Fsp3) is 0.259. The lowest BCUT2D eigenvalue weighted by Gasteiger charge is -2.42. The summed E-state index contributed by atoms with van der Waals surface area (Å²) in [4.78, 5) is 22.9. The fourth-order valence-corrected chi connectivity index (χ4v) is 5.59. The van der Waals surface area contributed by atoms with Crippen molar-refractivity contribution < 1.29 is 9.90 Å². The summed E-state index contributed by atoms with van der Waals surface area (Å²) >= 11 is 0. The molecule has 0 amide bonds. The fourth-order valence-electron chi connectivity index (χ4n) is 5.59. The molecular formula is C27H26N6O2. The third-order valence-corrected chi connectivity index (χ3v) is 7.70. The van der Waals surface area contributed by atoms with Gasteiger partial charge in [0.05, 0.1) is 11.8 Å². The number of nitrogens with zero attached hydrogens (tertiary/aromatic N) is 4. The summed E-state index contributed by atoms with van der Waals surface area (Å²) in [6.07, 6.45) is 4.87. The van der Waals surface area contributed by atoms with Crippen molar-refractivity contribution in [1.29, 1.82) is 0 Å². The molecule has 1 atom stereocenters. The van der Waals surface area contributed by atoms with E-state index in [0.717, 1.165) is 43.7 Å². The molecule has 0 saturated carbocycles. The Labute approximate surface area is 202 Å². The number of carboxylic acids is 1. The molecule has 2 aromatic carbocycles. The maximum Gasteiger partial charge on any atom is 0.335 e. The van der Waals surface area contributed by atoms with Crippen molar-refractivity contribution in [3.8, 4) is 0 Å². The number of H-pyrrole nitrogens is 1. The minimum atomic E-state index is -0.964. The van der Waals surface area contributed by atoms with Gasteiger partial charge in [-0.3, -0.25) is 5.10 Å². The van der Waals surface area contributed by atoms with Crippen molar-refractivity contribution in [3.63, 3.8) is 0 Å². The van der Waals surface area contributed by atoms with Crippen LogP contribution in [0.3, 0.4) is 0 Å². The number of hydrogen-bond donors (Lipinski definition) is 3. The number of aromatic carboxylic acids is 1. The molecule has 176 valence electrons. The maximum atomic E-state index is 11.1. The van der Waals surface area contributed by atoms with Gasteiger partial charge in [-0.1, -0.05) is 43.0 Å². The molecule has 3 heterocycles. The van der Waals surface area contributed by atoms with E-state index in [-0.39, 0.29) is 17.0 Å². The van der Waals surface area contributed by atoms with Crippen molar-refractivity contribution in [3.05, 3.63) is 89.3 Å². The lowest BCUT2D eigenvalue weighted by Crippen LogP contribution is -2.44. The second kappa shape index (κ2) is 8.02. The summed E-state index contributed by atoms with van der Waals surface area (Å²) in [5, 5.41) is 16.5. The summed E-state index contributed by atoms with van der Waals surface area (Å²) in [5.74, 6) is -0.142. The lowest BCUT2D eigenvalue weighted by atomic mass is 9.73. The molecule has 1 spiro atoms. The molecule has 0 bridgehead atoms. The highest BCUT2D eigenvalue weighted by atomic mass is 16.4. The minimum absolute atomic E-state index is 0.0835. The summed E-state index contributed by atoms with van der Waals surface area (Å²) in [6, 6.07) is 15.2. The molecule has 1 aliphatic carbocycles. The van der Waals surface area contributed by atoms with Gasteiger partial charge in [-0.25, -0.2) is 14.8 Å². The first kappa shape index (κ1) is 21.5. The zero-order valence-electron chi connectivity index (χ0n) is 19.2. The molecule has 1 saturated heterocycles. The zero-order valence-corrected chi connectivity index (χ0v) is 19.2. The molecule has 1 aliphatic heterocycles. The standard InChI is InChI=1S/C27H26N6O2/c1-16(17-6-8-18(9-7-17)26(34)35)22-23-25(32-31-22)30-21(15-29-23)33-12-10-27(11-13-33)14-19-4-2-3-5-20(19)24(27)28/h2-9,15,24H,1,10-14,28H2,(H,34,35)(H,30,31,32). The number of piperidine rings is 1. The van der Waals surface area contributed by atoms with E-state index in [0.29, 0.717) is 22.4 Å². The Kier molecular flexibility index (Phi) is 4.93. The summed E-state index contributed by atoms with van der Waals surface area (Å²) < 4.78 is 0. The van der Waals surface area contributed by atoms with Gasteiger partial charge in [0.2, 0.25) is 0 Å². The van der Waals surface area contributed by atoms with E-state index in [9.17, 15) is 4.79 Å². The van der Waals surface area contributed by atoms with Crippen LogP contribution in [0.2, 0.25) is 0 Å². The van der Waals surface area contributed by atoms with E-state index < -0.39 is 5.97 Å². The number of benzene rings is 2. The van der Waals surface area contributed by atoms with Gasteiger partial charge in [0.25, 0.3) is 0 Å². The quantitative estimate of drug-likeness (QED) is 0.416. The van der Waals surface area contributed by atoms with Crippen LogP contribution >= 0.6 is 0 Å². The Bertz CT molecular complexity index is 1450. The Morgan fingerprint density at radius 2 is 1.83 bits per heavy atom. The SMILES string of the molecule is C=C(c1ccc(C(=O)O)cc1)c1n[nH]c2nc(N3CCC4(CC3)Cc3ccccc3C4N)cnc12. The van der Waals surface area contributed by atoms with Crippen LogP contribution in [0.4, 0.5) is 5.82 Å². The highest BCUT2D eigenvalue weighted by Gasteiger charge is 2.45. The van der Waals surface area contributed by atoms with Gasteiger partial charge in [0, 0.05) is 24.7 Å². The first-order chi connectivity index (χ1) is 16.9. The molecule has 1 unspecified atom stereocenters. The van der Waals surface area contributed by atoms with Crippen LogP contribution in [0, 0.1) is 5.41 Å². The summed E-state index contributed by atoms with van der Waals surface area (Å²) in [7, 11) is 0. The number of rotatable bonds is 4. The summed E-state index contributed by atoms with van der Waals surface area (Å²) in [5.41, 5.74) is 13.0. The maximum absolute atomic E-state index is 11.1. The van der Waals surface area contributed by atoms with E-state index in [1.807, 2.05) is 0 Å². The number of fused-ring (bicyclic) bond motifs is 2. The van der Waals surface area contributed by atoms with E-state index in [4.69, 9.17) is 15.8 Å². The van der Waals surface area contributed by atoms with Crippen molar-refractivity contribution in [2.75, 3.05) is 18.0 Å². The van der Waals surface area contributed by atoms with Crippen LogP contribution in [0.15, 0.2) is 61.3 Å². The molecule has 1 fully saturated rings. The molecule has 8 nitrogen and oxygen atoms in total. The third kappa shape index (κ3) is 3.49. The number of nitrogens with two attached hydrogens (primary N) is 1. The molecule has 2 aliphatic rings. The number of nitrogens with one attached hydrogen (secondary N) is 1. The average Bonchev–Trinajstić information content (AvgIpc) is 3.43. The molecular weight excluding hydrogens is 440 g/mol. The van der Waals surface area contributed by atoms with Crippen LogP contribution in [0.1, 0.15) is 51.6 Å². The van der Waals surface area contributed by atoms with Crippen molar-refractivity contribution in [2.24, 2.45) is 11.1 Å². The molecule has 8 heteroatoms. The highest BCUT2D eigenvalue weighted by molar-refractivity contribution is 5.92. The van der Waals surface area contributed by atoms with Gasteiger partial charge in [-0.15, -0.1) is 0 Å². The normalized spacial score (nSPS) is 18.7. The topological polar surface area (TPSA) is 121 Å². The highest BCUT2D eigenvalue weighted by Crippen LogP contribution is 2.50. The Morgan fingerprint density at radius 3 is 2.54 bits per heavy atom. The van der Waals surface area contributed by atoms with E-state index in [1.165, 1.54) is 11.1 Å². The van der Waals surface area contributed by atoms with E-state index in [2.05, 4.69) is 50.9 Å². The molecule has 0 radical (unpaired) electrons. The predicted molar refractivity (Wildman–Crippen MR) is 134 cm³/mol. The minimum Gasteiger partial charge on any atom is -0.478 e. The Morgan fingerprint density at radius 1 is 1.11 bits per heavy atom. The second-order valence-corrected chi connectivity index (χ2v) is 9.56. The average molecular weight is 467 g/mol. The van der Waals surface area contributed by atoms with E-state index >= 15 is 0 Å². The number of carbonyl (C=O) groups is 1. The zero-order chi connectivity index (χ0) is 24.2. The molecule has 35 heavy (non-hydrogen) atoms. The van der Waals surface area contributed by atoms with Crippen molar-refractivity contribution >= 4 is 28.5 Å². The van der Waals surface area contributed by atoms with Gasteiger partial charge < -0.3 is 15.7 Å². The molecule has 2 aromatic heterocycles. The van der Waals surface area contributed by atoms with Crippen LogP contribution in [-0.2, 0) is 6.42 Å². The second-order valence-electron chi connectivity index (χ2n) is 9.56. The first-order valence-corrected chi connectivity index (χ1v) is 11.8. The number of anilines is 1. The van der Waals surface area contributed by atoms with Crippen molar-refractivity contribution in [2.45, 2.75) is 25.3 Å².